The summed E-state index contributed by atoms with van der Waals surface area (Å²) in [6.07, 6.45) is 2.08. The molecule has 0 N–H and O–H groups in total. The summed E-state index contributed by atoms with van der Waals surface area (Å²) in [4.78, 5) is 20.7. The summed E-state index contributed by atoms with van der Waals surface area (Å²) in [6, 6.07) is 11.1. The lowest BCUT2D eigenvalue weighted by atomic mass is 10.0. The number of methoxy groups -OCH3 is 2. The summed E-state index contributed by atoms with van der Waals surface area (Å²) >= 11 is 0. The summed E-state index contributed by atoms with van der Waals surface area (Å²) in [7, 11) is 3.18. The van der Waals surface area contributed by atoms with E-state index in [1.165, 1.54) is 6.33 Å². The fourth-order valence-corrected chi connectivity index (χ4v) is 2.79. The Hall–Kier alpha value is -3.15. The van der Waals surface area contributed by atoms with Gasteiger partial charge in [-0.2, -0.15) is 0 Å². The standard InChI is InChI=1S/C20H20N2O4/c1-4-26-20(23)14-7-5-6-13(8-14)9-16-15-10-18(24-2)19(25-3)11-17(15)22-12-21-16/h5-8,10-12H,4,9H2,1-3H3. The number of esters is 1. The molecule has 0 fully saturated rings. The highest BCUT2D eigenvalue weighted by Gasteiger charge is 2.12. The number of fused-ring (bicyclic) bond motifs is 1. The second-order valence-electron chi connectivity index (χ2n) is 5.64. The topological polar surface area (TPSA) is 70.5 Å². The number of aromatic nitrogens is 2. The van der Waals surface area contributed by atoms with Crippen LogP contribution in [0.3, 0.4) is 0 Å². The molecular weight excluding hydrogens is 332 g/mol. The van der Waals surface area contributed by atoms with Crippen molar-refractivity contribution >= 4 is 16.9 Å². The lowest BCUT2D eigenvalue weighted by molar-refractivity contribution is 0.0526. The number of rotatable bonds is 6. The summed E-state index contributed by atoms with van der Waals surface area (Å²) in [5, 5.41) is 0.881. The van der Waals surface area contributed by atoms with Gasteiger partial charge in [-0.1, -0.05) is 12.1 Å². The number of carbonyl (C=O) groups is 1. The molecule has 3 aromatic rings. The van der Waals surface area contributed by atoms with E-state index in [4.69, 9.17) is 14.2 Å². The van der Waals surface area contributed by atoms with Crippen LogP contribution < -0.4 is 9.47 Å². The number of hydrogen-bond donors (Lipinski definition) is 0. The number of hydrogen-bond acceptors (Lipinski definition) is 6. The molecule has 0 aliphatic rings. The van der Waals surface area contributed by atoms with Gasteiger partial charge in [0.15, 0.2) is 11.5 Å². The van der Waals surface area contributed by atoms with Gasteiger partial charge in [-0.15, -0.1) is 0 Å². The van der Waals surface area contributed by atoms with Gasteiger partial charge in [-0.05, 0) is 30.7 Å². The second-order valence-corrected chi connectivity index (χ2v) is 5.64. The molecule has 1 aromatic heterocycles. The molecule has 0 saturated heterocycles. The molecule has 0 amide bonds. The molecule has 0 radical (unpaired) electrons. The van der Waals surface area contributed by atoms with Crippen LogP contribution in [0.1, 0.15) is 28.5 Å². The minimum absolute atomic E-state index is 0.326. The average molecular weight is 352 g/mol. The van der Waals surface area contributed by atoms with E-state index in [0.717, 1.165) is 22.2 Å². The van der Waals surface area contributed by atoms with E-state index in [1.54, 1.807) is 27.2 Å². The quantitative estimate of drug-likeness (QED) is 0.633. The third-order valence-electron chi connectivity index (χ3n) is 4.03. The normalized spacial score (nSPS) is 10.6. The van der Waals surface area contributed by atoms with Crippen molar-refractivity contribution in [2.24, 2.45) is 0 Å². The molecule has 0 aliphatic heterocycles. The van der Waals surface area contributed by atoms with Gasteiger partial charge in [0.25, 0.3) is 0 Å². The SMILES string of the molecule is CCOC(=O)c1cccc(Cc2ncnc3cc(OC)c(OC)cc23)c1. The Morgan fingerprint density at radius 3 is 2.54 bits per heavy atom. The zero-order valence-electron chi connectivity index (χ0n) is 15.0. The van der Waals surface area contributed by atoms with E-state index < -0.39 is 0 Å². The van der Waals surface area contributed by atoms with Crippen molar-refractivity contribution in [3.8, 4) is 11.5 Å². The van der Waals surface area contributed by atoms with E-state index in [0.29, 0.717) is 30.1 Å². The lowest BCUT2D eigenvalue weighted by Gasteiger charge is -2.11. The molecule has 2 aromatic carbocycles. The van der Waals surface area contributed by atoms with Crippen molar-refractivity contribution in [2.45, 2.75) is 13.3 Å². The highest BCUT2D eigenvalue weighted by molar-refractivity contribution is 5.89. The highest BCUT2D eigenvalue weighted by Crippen LogP contribution is 2.32. The largest absolute Gasteiger partial charge is 0.493 e. The van der Waals surface area contributed by atoms with Gasteiger partial charge in [0, 0.05) is 17.9 Å². The van der Waals surface area contributed by atoms with Crippen molar-refractivity contribution in [2.75, 3.05) is 20.8 Å². The molecule has 0 spiro atoms. The zero-order chi connectivity index (χ0) is 18.5. The van der Waals surface area contributed by atoms with Gasteiger partial charge >= 0.3 is 5.97 Å². The summed E-state index contributed by atoms with van der Waals surface area (Å²) in [5.41, 5.74) is 3.11. The lowest BCUT2D eigenvalue weighted by Crippen LogP contribution is -2.05. The Morgan fingerprint density at radius 2 is 1.81 bits per heavy atom. The highest BCUT2D eigenvalue weighted by atomic mass is 16.5. The number of carbonyl (C=O) groups excluding carboxylic acids is 1. The first-order valence-electron chi connectivity index (χ1n) is 8.28. The van der Waals surface area contributed by atoms with Crippen LogP contribution in [-0.4, -0.2) is 36.8 Å². The van der Waals surface area contributed by atoms with Crippen LogP contribution in [0.2, 0.25) is 0 Å². The van der Waals surface area contributed by atoms with Gasteiger partial charge in [0.1, 0.15) is 6.33 Å². The van der Waals surface area contributed by atoms with Crippen LogP contribution in [0, 0.1) is 0 Å². The van der Waals surface area contributed by atoms with Crippen molar-refractivity contribution in [1.82, 2.24) is 9.97 Å². The number of nitrogens with zero attached hydrogens (tertiary/aromatic N) is 2. The van der Waals surface area contributed by atoms with Crippen molar-refractivity contribution in [3.05, 3.63) is 59.5 Å². The van der Waals surface area contributed by atoms with Gasteiger partial charge < -0.3 is 14.2 Å². The predicted octanol–water partition coefficient (Wildman–Crippen LogP) is 3.41. The number of ether oxygens (including phenoxy) is 3. The molecule has 0 aliphatic carbocycles. The Balaban J connectivity index is 1.99. The van der Waals surface area contributed by atoms with Crippen LogP contribution in [0.5, 0.6) is 11.5 Å². The third-order valence-corrected chi connectivity index (χ3v) is 4.03. The summed E-state index contributed by atoms with van der Waals surface area (Å²) < 4.78 is 15.8. The molecule has 6 heteroatoms. The molecule has 1 heterocycles. The predicted molar refractivity (Wildman–Crippen MR) is 97.8 cm³/mol. The molecular formula is C20H20N2O4. The van der Waals surface area contributed by atoms with Crippen LogP contribution in [-0.2, 0) is 11.2 Å². The van der Waals surface area contributed by atoms with E-state index in [-0.39, 0.29) is 5.97 Å². The third kappa shape index (κ3) is 3.59. The Kier molecular flexibility index (Phi) is 5.31. The molecule has 0 atom stereocenters. The molecule has 134 valence electrons. The first kappa shape index (κ1) is 17.7. The first-order chi connectivity index (χ1) is 12.7. The van der Waals surface area contributed by atoms with Crippen LogP contribution in [0.15, 0.2) is 42.7 Å². The fourth-order valence-electron chi connectivity index (χ4n) is 2.79. The van der Waals surface area contributed by atoms with E-state index in [2.05, 4.69) is 9.97 Å². The average Bonchev–Trinajstić information content (AvgIpc) is 2.67. The smallest absolute Gasteiger partial charge is 0.338 e. The molecule has 0 saturated carbocycles. The summed E-state index contributed by atoms with van der Waals surface area (Å²) in [6.45, 7) is 2.14. The van der Waals surface area contributed by atoms with Gasteiger partial charge in [0.2, 0.25) is 0 Å². The second kappa shape index (κ2) is 7.82. The Morgan fingerprint density at radius 1 is 1.04 bits per heavy atom. The Bertz CT molecular complexity index is 940. The van der Waals surface area contributed by atoms with Crippen molar-refractivity contribution < 1.29 is 19.0 Å². The maximum Gasteiger partial charge on any atom is 0.338 e. The van der Waals surface area contributed by atoms with Gasteiger partial charge in [0.05, 0.1) is 37.6 Å². The van der Waals surface area contributed by atoms with Crippen molar-refractivity contribution in [1.29, 1.82) is 0 Å². The van der Waals surface area contributed by atoms with E-state index in [1.807, 2.05) is 30.3 Å². The van der Waals surface area contributed by atoms with Crippen LogP contribution >= 0.6 is 0 Å². The van der Waals surface area contributed by atoms with E-state index in [9.17, 15) is 4.79 Å². The maximum atomic E-state index is 11.9. The molecule has 0 bridgehead atoms. The zero-order valence-corrected chi connectivity index (χ0v) is 15.0. The monoisotopic (exact) mass is 352 g/mol. The van der Waals surface area contributed by atoms with Gasteiger partial charge in [-0.3, -0.25) is 0 Å². The van der Waals surface area contributed by atoms with Crippen LogP contribution in [0.25, 0.3) is 10.9 Å². The summed E-state index contributed by atoms with van der Waals surface area (Å²) in [5.74, 6) is 0.915. The maximum absolute atomic E-state index is 11.9. The Labute approximate surface area is 151 Å². The minimum Gasteiger partial charge on any atom is -0.493 e. The number of benzene rings is 2. The fraction of sp³-hybridized carbons (Fsp3) is 0.250. The minimum atomic E-state index is -0.326. The molecule has 6 nitrogen and oxygen atoms in total. The first-order valence-corrected chi connectivity index (χ1v) is 8.28. The van der Waals surface area contributed by atoms with Crippen LogP contribution in [0.4, 0.5) is 0 Å². The molecule has 3 rings (SSSR count). The van der Waals surface area contributed by atoms with Gasteiger partial charge in [-0.25, -0.2) is 14.8 Å². The molecule has 26 heavy (non-hydrogen) atoms. The van der Waals surface area contributed by atoms with Crippen molar-refractivity contribution in [3.63, 3.8) is 0 Å². The van der Waals surface area contributed by atoms with E-state index >= 15 is 0 Å². The molecule has 0 unspecified atom stereocenters.